The zero-order chi connectivity index (χ0) is 5.82. The van der Waals surface area contributed by atoms with Gasteiger partial charge in [0.25, 0.3) is 0 Å². The minimum absolute atomic E-state index is 0.737. The van der Waals surface area contributed by atoms with Crippen LogP contribution in [0.5, 0.6) is 0 Å². The molecule has 1 rings (SSSR count). The third-order valence-corrected chi connectivity index (χ3v) is 2.38. The maximum atomic E-state index is 3.28. The van der Waals surface area contributed by atoms with Gasteiger partial charge in [-0.05, 0) is 19.0 Å². The van der Waals surface area contributed by atoms with Crippen molar-refractivity contribution in [2.24, 2.45) is 0 Å². The lowest BCUT2D eigenvalue weighted by molar-refractivity contribution is 0.583. The first kappa shape index (κ1) is 6.39. The molecule has 0 radical (unpaired) electrons. The van der Waals surface area contributed by atoms with Crippen molar-refractivity contribution >= 4 is 22.6 Å². The van der Waals surface area contributed by atoms with E-state index >= 15 is 0 Å². The van der Waals surface area contributed by atoms with E-state index in [0.29, 0.717) is 0 Å². The van der Waals surface area contributed by atoms with Crippen molar-refractivity contribution in [2.45, 2.75) is 18.9 Å². The van der Waals surface area contributed by atoms with Gasteiger partial charge in [0.05, 0.1) is 0 Å². The SMILES string of the molecule is ICC1CCC=CN1. The van der Waals surface area contributed by atoms with Crippen molar-refractivity contribution in [2.75, 3.05) is 4.43 Å². The van der Waals surface area contributed by atoms with E-state index < -0.39 is 0 Å². The van der Waals surface area contributed by atoms with Crippen LogP contribution in [0.3, 0.4) is 0 Å². The highest BCUT2D eigenvalue weighted by Gasteiger charge is 2.04. The third kappa shape index (κ3) is 1.65. The predicted octanol–water partition coefficient (Wildman–Crippen LogP) is 1.69. The second-order valence-electron chi connectivity index (χ2n) is 2.00. The van der Waals surface area contributed by atoms with Gasteiger partial charge in [-0.25, -0.2) is 0 Å². The summed E-state index contributed by atoms with van der Waals surface area (Å²) < 4.78 is 1.22. The van der Waals surface area contributed by atoms with Crippen LogP contribution in [-0.2, 0) is 0 Å². The monoisotopic (exact) mass is 223 g/mol. The minimum atomic E-state index is 0.737. The van der Waals surface area contributed by atoms with E-state index in [1.54, 1.807) is 0 Å². The molecular weight excluding hydrogens is 213 g/mol. The van der Waals surface area contributed by atoms with E-state index in [4.69, 9.17) is 0 Å². The Morgan fingerprint density at radius 1 is 1.75 bits per heavy atom. The van der Waals surface area contributed by atoms with Crippen molar-refractivity contribution in [3.8, 4) is 0 Å². The summed E-state index contributed by atoms with van der Waals surface area (Å²) in [6.07, 6.45) is 6.80. The maximum Gasteiger partial charge on any atom is 0.0348 e. The Bertz CT molecular complexity index is 90.5. The molecule has 0 saturated heterocycles. The molecule has 1 atom stereocenters. The molecule has 1 aliphatic heterocycles. The lowest BCUT2D eigenvalue weighted by Crippen LogP contribution is -2.27. The fourth-order valence-corrected chi connectivity index (χ4v) is 1.48. The summed E-state index contributed by atoms with van der Waals surface area (Å²) in [5, 5.41) is 3.28. The highest BCUT2D eigenvalue weighted by atomic mass is 127. The Morgan fingerprint density at radius 2 is 2.62 bits per heavy atom. The van der Waals surface area contributed by atoms with Gasteiger partial charge in [0.2, 0.25) is 0 Å². The van der Waals surface area contributed by atoms with Crippen LogP contribution in [0.1, 0.15) is 12.8 Å². The standard InChI is InChI=1S/C6H10IN/c7-5-6-3-1-2-4-8-6/h2,4,6,8H,1,3,5H2. The number of rotatable bonds is 1. The smallest absolute Gasteiger partial charge is 0.0348 e. The van der Waals surface area contributed by atoms with Crippen molar-refractivity contribution in [1.29, 1.82) is 0 Å². The first-order valence-corrected chi connectivity index (χ1v) is 4.43. The van der Waals surface area contributed by atoms with Crippen LogP contribution < -0.4 is 5.32 Å². The summed E-state index contributed by atoms with van der Waals surface area (Å²) in [6.45, 7) is 0. The molecule has 0 aromatic rings. The summed E-state index contributed by atoms with van der Waals surface area (Å²) in [5.41, 5.74) is 0. The Kier molecular flexibility index (Phi) is 2.66. The number of hydrogen-bond donors (Lipinski definition) is 1. The van der Waals surface area contributed by atoms with Crippen LogP contribution in [0.25, 0.3) is 0 Å². The van der Waals surface area contributed by atoms with Gasteiger partial charge >= 0.3 is 0 Å². The molecule has 0 fully saturated rings. The fourth-order valence-electron chi connectivity index (χ4n) is 0.790. The molecule has 1 heterocycles. The van der Waals surface area contributed by atoms with E-state index in [1.165, 1.54) is 17.3 Å². The predicted molar refractivity (Wildman–Crippen MR) is 44.2 cm³/mol. The van der Waals surface area contributed by atoms with Crippen molar-refractivity contribution < 1.29 is 0 Å². The molecule has 0 aliphatic carbocycles. The lowest BCUT2D eigenvalue weighted by atomic mass is 10.1. The average Bonchev–Trinajstić information content (AvgIpc) is 1.90. The highest BCUT2D eigenvalue weighted by molar-refractivity contribution is 14.1. The molecule has 0 amide bonds. The number of nitrogens with one attached hydrogen (secondary N) is 1. The van der Waals surface area contributed by atoms with Crippen LogP contribution in [0.2, 0.25) is 0 Å². The number of alkyl halides is 1. The zero-order valence-electron chi connectivity index (χ0n) is 4.73. The molecule has 2 heteroatoms. The lowest BCUT2D eigenvalue weighted by Gasteiger charge is -2.16. The van der Waals surface area contributed by atoms with E-state index in [0.717, 1.165) is 6.04 Å². The molecule has 0 spiro atoms. The molecule has 0 bridgehead atoms. The summed E-state index contributed by atoms with van der Waals surface area (Å²) in [6, 6.07) is 0.737. The Labute approximate surface area is 63.7 Å². The van der Waals surface area contributed by atoms with Gasteiger partial charge in [0.1, 0.15) is 0 Å². The molecule has 1 unspecified atom stereocenters. The molecule has 1 nitrogen and oxygen atoms in total. The van der Waals surface area contributed by atoms with Crippen LogP contribution >= 0.6 is 22.6 Å². The topological polar surface area (TPSA) is 12.0 Å². The van der Waals surface area contributed by atoms with Gasteiger partial charge in [-0.15, -0.1) is 0 Å². The summed E-state index contributed by atoms with van der Waals surface area (Å²) in [4.78, 5) is 0. The Morgan fingerprint density at radius 3 is 3.00 bits per heavy atom. The first-order valence-electron chi connectivity index (χ1n) is 2.90. The van der Waals surface area contributed by atoms with E-state index in [1.807, 2.05) is 0 Å². The molecule has 0 aromatic heterocycles. The number of halogens is 1. The van der Waals surface area contributed by atoms with E-state index in [9.17, 15) is 0 Å². The summed E-state index contributed by atoms with van der Waals surface area (Å²) >= 11 is 2.41. The Balaban J connectivity index is 2.27. The molecule has 0 saturated carbocycles. The second-order valence-corrected chi connectivity index (χ2v) is 2.88. The molecule has 0 aromatic carbocycles. The molecule has 8 heavy (non-hydrogen) atoms. The van der Waals surface area contributed by atoms with Crippen LogP contribution in [0.15, 0.2) is 12.3 Å². The van der Waals surface area contributed by atoms with Crippen molar-refractivity contribution in [3.63, 3.8) is 0 Å². The normalized spacial score (nSPS) is 27.4. The van der Waals surface area contributed by atoms with Gasteiger partial charge in [0, 0.05) is 10.5 Å². The number of hydrogen-bond acceptors (Lipinski definition) is 1. The second kappa shape index (κ2) is 3.33. The van der Waals surface area contributed by atoms with E-state index in [2.05, 4.69) is 40.2 Å². The van der Waals surface area contributed by atoms with Gasteiger partial charge < -0.3 is 5.32 Å². The van der Waals surface area contributed by atoms with Crippen LogP contribution in [0, 0.1) is 0 Å². The van der Waals surface area contributed by atoms with Gasteiger partial charge in [-0.1, -0.05) is 28.7 Å². The minimum Gasteiger partial charge on any atom is -0.388 e. The quantitative estimate of drug-likeness (QED) is 0.526. The van der Waals surface area contributed by atoms with E-state index in [-0.39, 0.29) is 0 Å². The summed E-state index contributed by atoms with van der Waals surface area (Å²) in [7, 11) is 0. The largest absolute Gasteiger partial charge is 0.388 e. The van der Waals surface area contributed by atoms with Gasteiger partial charge in [-0.3, -0.25) is 0 Å². The van der Waals surface area contributed by atoms with Gasteiger partial charge in [-0.2, -0.15) is 0 Å². The molecule has 46 valence electrons. The zero-order valence-corrected chi connectivity index (χ0v) is 6.89. The van der Waals surface area contributed by atoms with Crippen LogP contribution in [-0.4, -0.2) is 10.5 Å². The number of allylic oxidation sites excluding steroid dienone is 1. The summed E-state index contributed by atoms with van der Waals surface area (Å²) in [5.74, 6) is 0. The molecule has 1 N–H and O–H groups in total. The first-order chi connectivity index (χ1) is 3.93. The Hall–Kier alpha value is 0.270. The van der Waals surface area contributed by atoms with Crippen molar-refractivity contribution in [3.05, 3.63) is 12.3 Å². The third-order valence-electron chi connectivity index (χ3n) is 1.32. The fraction of sp³-hybridized carbons (Fsp3) is 0.667. The maximum absolute atomic E-state index is 3.28. The average molecular weight is 223 g/mol. The van der Waals surface area contributed by atoms with Gasteiger partial charge in [0.15, 0.2) is 0 Å². The van der Waals surface area contributed by atoms with Crippen LogP contribution in [0.4, 0.5) is 0 Å². The molecule has 1 aliphatic rings. The molecular formula is C6H10IN. The highest BCUT2D eigenvalue weighted by Crippen LogP contribution is 2.05. The van der Waals surface area contributed by atoms with Crippen molar-refractivity contribution in [1.82, 2.24) is 5.32 Å².